The third kappa shape index (κ3) is 3.62. The molecule has 1 aliphatic rings. The van der Waals surface area contributed by atoms with Crippen molar-refractivity contribution in [3.63, 3.8) is 0 Å². The fourth-order valence-electron chi connectivity index (χ4n) is 2.43. The van der Waals surface area contributed by atoms with Gasteiger partial charge in [-0.25, -0.2) is 0 Å². The Hall–Kier alpha value is -1.26. The van der Waals surface area contributed by atoms with Gasteiger partial charge in [-0.05, 0) is 37.1 Å². The molecule has 0 radical (unpaired) electrons. The first-order valence-electron chi connectivity index (χ1n) is 6.04. The highest BCUT2D eigenvalue weighted by atomic mass is 35.5. The number of carbonyl (C=O) groups is 1. The van der Waals surface area contributed by atoms with Gasteiger partial charge in [0.15, 0.2) is 0 Å². The summed E-state index contributed by atoms with van der Waals surface area (Å²) in [7, 11) is 0. The largest absolute Gasteiger partial charge is 0.399 e. The monoisotopic (exact) mass is 269 g/mol. The molecule has 1 aromatic carbocycles. The van der Waals surface area contributed by atoms with Crippen LogP contribution in [0.4, 0.5) is 5.69 Å². The highest BCUT2D eigenvalue weighted by Crippen LogP contribution is 2.20. The topological polar surface area (TPSA) is 72.4 Å². The van der Waals surface area contributed by atoms with E-state index in [1.807, 2.05) is 24.3 Å². The molecule has 4 nitrogen and oxygen atoms in total. The van der Waals surface area contributed by atoms with Gasteiger partial charge in [0.05, 0.1) is 6.04 Å². The maximum atomic E-state index is 11.4. The van der Waals surface area contributed by atoms with E-state index in [0.717, 1.165) is 43.6 Å². The van der Waals surface area contributed by atoms with Crippen LogP contribution in [0.5, 0.6) is 0 Å². The van der Waals surface area contributed by atoms with E-state index in [2.05, 4.69) is 4.90 Å². The van der Waals surface area contributed by atoms with E-state index in [-0.39, 0.29) is 24.4 Å². The Labute approximate surface area is 114 Å². The summed E-state index contributed by atoms with van der Waals surface area (Å²) < 4.78 is 0. The predicted octanol–water partition coefficient (Wildman–Crippen LogP) is 1.53. The molecule has 2 rings (SSSR count). The van der Waals surface area contributed by atoms with E-state index in [4.69, 9.17) is 11.5 Å². The molecule has 0 saturated carbocycles. The second-order valence-electron chi connectivity index (χ2n) is 4.63. The van der Waals surface area contributed by atoms with Crippen molar-refractivity contribution in [1.82, 2.24) is 4.90 Å². The van der Waals surface area contributed by atoms with Crippen molar-refractivity contribution in [2.75, 3.05) is 12.3 Å². The number of halogens is 1. The average Bonchev–Trinajstić information content (AvgIpc) is 2.29. The molecular weight excluding hydrogens is 250 g/mol. The van der Waals surface area contributed by atoms with Gasteiger partial charge < -0.3 is 11.5 Å². The zero-order chi connectivity index (χ0) is 12.3. The molecule has 0 spiro atoms. The molecule has 1 fully saturated rings. The minimum atomic E-state index is -0.214. The van der Waals surface area contributed by atoms with Crippen LogP contribution in [0.2, 0.25) is 0 Å². The highest BCUT2D eigenvalue weighted by molar-refractivity contribution is 5.85. The van der Waals surface area contributed by atoms with Crippen molar-refractivity contribution in [1.29, 1.82) is 0 Å². The number of hydrogen-bond acceptors (Lipinski definition) is 3. The number of piperidine rings is 1. The Kier molecular flexibility index (Phi) is 5.44. The molecule has 1 heterocycles. The molecule has 0 aromatic heterocycles. The number of nitrogens with two attached hydrogens (primary N) is 2. The number of likely N-dealkylation sites (tertiary alicyclic amines) is 1. The van der Waals surface area contributed by atoms with Crippen LogP contribution in [0.1, 0.15) is 24.8 Å². The van der Waals surface area contributed by atoms with Gasteiger partial charge >= 0.3 is 0 Å². The van der Waals surface area contributed by atoms with E-state index in [1.54, 1.807) is 0 Å². The summed E-state index contributed by atoms with van der Waals surface area (Å²) in [4.78, 5) is 13.5. The van der Waals surface area contributed by atoms with E-state index in [9.17, 15) is 4.79 Å². The van der Waals surface area contributed by atoms with Crippen LogP contribution < -0.4 is 11.5 Å². The number of amides is 1. The van der Waals surface area contributed by atoms with Crippen molar-refractivity contribution in [3.8, 4) is 0 Å². The smallest absolute Gasteiger partial charge is 0.234 e. The second-order valence-corrected chi connectivity index (χ2v) is 4.63. The summed E-state index contributed by atoms with van der Waals surface area (Å²) in [5, 5.41) is 0. The molecule has 1 saturated heterocycles. The highest BCUT2D eigenvalue weighted by Gasteiger charge is 2.26. The second kappa shape index (κ2) is 6.61. The first-order valence-corrected chi connectivity index (χ1v) is 6.04. The first kappa shape index (κ1) is 14.8. The van der Waals surface area contributed by atoms with Crippen molar-refractivity contribution >= 4 is 24.0 Å². The molecule has 0 aliphatic carbocycles. The van der Waals surface area contributed by atoms with Crippen LogP contribution in [0, 0.1) is 0 Å². The van der Waals surface area contributed by atoms with Gasteiger partial charge in [0.1, 0.15) is 0 Å². The molecule has 5 heteroatoms. The van der Waals surface area contributed by atoms with Gasteiger partial charge in [0.2, 0.25) is 5.91 Å². The minimum absolute atomic E-state index is 0. The summed E-state index contributed by atoms with van der Waals surface area (Å²) in [6, 6.07) is 7.67. The fourth-order valence-corrected chi connectivity index (χ4v) is 2.43. The van der Waals surface area contributed by atoms with Crippen molar-refractivity contribution in [3.05, 3.63) is 29.8 Å². The predicted molar refractivity (Wildman–Crippen MR) is 75.3 cm³/mol. The van der Waals surface area contributed by atoms with E-state index < -0.39 is 0 Å². The Bertz CT molecular complexity index is 411. The van der Waals surface area contributed by atoms with Gasteiger partial charge in [-0.3, -0.25) is 9.69 Å². The number of carbonyl (C=O) groups excluding carboxylic acids is 1. The minimum Gasteiger partial charge on any atom is -0.399 e. The summed E-state index contributed by atoms with van der Waals surface area (Å²) in [5.41, 5.74) is 13.1. The number of anilines is 1. The van der Waals surface area contributed by atoms with Gasteiger partial charge in [0.25, 0.3) is 0 Å². The molecule has 1 aliphatic heterocycles. The number of hydrogen-bond donors (Lipinski definition) is 2. The first-order chi connectivity index (χ1) is 8.16. The summed E-state index contributed by atoms with van der Waals surface area (Å²) in [6.07, 6.45) is 3.09. The Morgan fingerprint density at radius 3 is 2.83 bits per heavy atom. The van der Waals surface area contributed by atoms with Gasteiger partial charge in [-0.2, -0.15) is 0 Å². The van der Waals surface area contributed by atoms with Crippen LogP contribution in [0.25, 0.3) is 0 Å². The molecule has 4 N–H and O–H groups in total. The standard InChI is InChI=1S/C13H19N3O.ClH/c14-11-5-3-4-10(8-11)9-16-7-2-1-6-12(16)13(15)17;/h3-5,8,12H,1-2,6-7,9,14H2,(H2,15,17);1H. The maximum Gasteiger partial charge on any atom is 0.234 e. The average molecular weight is 270 g/mol. The van der Waals surface area contributed by atoms with E-state index in [1.165, 1.54) is 0 Å². The molecule has 100 valence electrons. The van der Waals surface area contributed by atoms with E-state index >= 15 is 0 Å². The van der Waals surface area contributed by atoms with Gasteiger partial charge in [-0.15, -0.1) is 12.4 Å². The molecule has 1 unspecified atom stereocenters. The van der Waals surface area contributed by atoms with E-state index in [0.29, 0.717) is 0 Å². The van der Waals surface area contributed by atoms with Crippen molar-refractivity contribution < 1.29 is 4.79 Å². The zero-order valence-electron chi connectivity index (χ0n) is 10.3. The van der Waals surface area contributed by atoms with Gasteiger partial charge in [-0.1, -0.05) is 18.6 Å². The number of benzene rings is 1. The normalized spacial score (nSPS) is 20.1. The van der Waals surface area contributed by atoms with Crippen LogP contribution in [-0.4, -0.2) is 23.4 Å². The Morgan fingerprint density at radius 1 is 1.39 bits per heavy atom. The zero-order valence-corrected chi connectivity index (χ0v) is 11.2. The van der Waals surface area contributed by atoms with Crippen molar-refractivity contribution in [2.24, 2.45) is 5.73 Å². The number of nitrogens with zero attached hydrogens (tertiary/aromatic N) is 1. The van der Waals surface area contributed by atoms with Crippen molar-refractivity contribution in [2.45, 2.75) is 31.8 Å². The SMILES string of the molecule is Cl.NC(=O)C1CCCCN1Cc1cccc(N)c1. The lowest BCUT2D eigenvalue weighted by atomic mass is 10.0. The Balaban J connectivity index is 0.00000162. The summed E-state index contributed by atoms with van der Waals surface area (Å²) in [6.45, 7) is 1.68. The molecule has 1 aromatic rings. The van der Waals surface area contributed by atoms with Gasteiger partial charge in [0, 0.05) is 12.2 Å². The van der Waals surface area contributed by atoms with Crippen LogP contribution >= 0.6 is 12.4 Å². The third-order valence-corrected chi connectivity index (χ3v) is 3.28. The summed E-state index contributed by atoms with van der Waals surface area (Å²) >= 11 is 0. The lowest BCUT2D eigenvalue weighted by Gasteiger charge is -2.33. The molecule has 1 atom stereocenters. The molecule has 0 bridgehead atoms. The number of nitrogen functional groups attached to an aromatic ring is 1. The number of primary amides is 1. The lowest BCUT2D eigenvalue weighted by molar-refractivity contribution is -0.124. The van der Waals surface area contributed by atoms with Crippen LogP contribution in [0.3, 0.4) is 0 Å². The number of rotatable bonds is 3. The van der Waals surface area contributed by atoms with Crippen LogP contribution in [-0.2, 0) is 11.3 Å². The Morgan fingerprint density at radius 2 is 2.17 bits per heavy atom. The summed E-state index contributed by atoms with van der Waals surface area (Å²) in [5.74, 6) is -0.214. The fraction of sp³-hybridized carbons (Fsp3) is 0.462. The third-order valence-electron chi connectivity index (χ3n) is 3.28. The molecular formula is C13H20ClN3O. The molecule has 18 heavy (non-hydrogen) atoms. The maximum absolute atomic E-state index is 11.4. The van der Waals surface area contributed by atoms with Crippen LogP contribution in [0.15, 0.2) is 24.3 Å². The lowest BCUT2D eigenvalue weighted by Crippen LogP contribution is -2.47. The molecule has 1 amide bonds. The quantitative estimate of drug-likeness (QED) is 0.818.